The molecule has 1 atom stereocenters. The van der Waals surface area contributed by atoms with E-state index in [4.69, 9.17) is 10.8 Å². The van der Waals surface area contributed by atoms with Crippen LogP contribution in [0, 0.1) is 0 Å². The summed E-state index contributed by atoms with van der Waals surface area (Å²) in [5, 5.41) is 23.7. The van der Waals surface area contributed by atoms with E-state index in [1.54, 1.807) is 12.1 Å². The normalized spacial score (nSPS) is 12.2. The number of rotatable bonds is 9. The van der Waals surface area contributed by atoms with Crippen LogP contribution in [0.3, 0.4) is 0 Å². The van der Waals surface area contributed by atoms with Crippen LogP contribution in [0.15, 0.2) is 35.3 Å². The number of nitrogens with two attached hydrogens (primary N) is 1. The summed E-state index contributed by atoms with van der Waals surface area (Å²) in [5.74, 6) is -3.63. The molecule has 0 aliphatic carbocycles. The molecule has 0 unspecified atom stereocenters. The second kappa shape index (κ2) is 9.96. The van der Waals surface area contributed by atoms with Gasteiger partial charge < -0.3 is 26.6 Å². The Labute approximate surface area is 202 Å². The average molecular weight is 506 g/mol. The number of aromatic nitrogens is 4. The number of aliphatic carboxylic acids is 2. The van der Waals surface area contributed by atoms with Crippen LogP contribution in [-0.2, 0) is 16.1 Å². The maximum absolute atomic E-state index is 12.4. The first kappa shape index (κ1) is 24.8. The van der Waals surface area contributed by atoms with Crippen LogP contribution in [0.25, 0.3) is 11.2 Å². The van der Waals surface area contributed by atoms with Gasteiger partial charge in [-0.15, -0.1) is 0 Å². The number of thiol groups is 2. The Hall–Kier alpha value is -3.85. The van der Waals surface area contributed by atoms with Crippen LogP contribution in [0.5, 0.6) is 0 Å². The van der Waals surface area contributed by atoms with Crippen molar-refractivity contribution in [1.82, 2.24) is 25.3 Å². The number of carboxylic acid groups (broad SMARTS) is 2. The number of hydrogen-bond acceptors (Lipinski definition) is 11. The molecule has 0 saturated heterocycles. The number of carbonyl (C=O) groups is 3. The summed E-state index contributed by atoms with van der Waals surface area (Å²) in [7, 11) is 0. The van der Waals surface area contributed by atoms with Crippen LogP contribution in [0.4, 0.5) is 11.6 Å². The topological polar surface area (TPSA) is 213 Å². The van der Waals surface area contributed by atoms with Crippen LogP contribution in [-0.4, -0.2) is 58.1 Å². The Balaban J connectivity index is 1.64. The molecule has 34 heavy (non-hydrogen) atoms. The lowest BCUT2D eigenvalue weighted by atomic mass is 10.1. The fourth-order valence-electron chi connectivity index (χ4n) is 2.80. The number of hydrogen-bond donors (Lipinski definition) is 8. The van der Waals surface area contributed by atoms with Crippen molar-refractivity contribution in [3.8, 4) is 0 Å². The van der Waals surface area contributed by atoms with Gasteiger partial charge >= 0.3 is 11.9 Å². The molecule has 7 N–H and O–H groups in total. The maximum atomic E-state index is 12.4. The van der Waals surface area contributed by atoms with Crippen molar-refractivity contribution >= 4 is 65.9 Å². The highest BCUT2D eigenvalue weighted by Gasteiger charge is 2.36. The molecule has 0 bridgehead atoms. The van der Waals surface area contributed by atoms with Crippen molar-refractivity contribution < 1.29 is 24.6 Å². The van der Waals surface area contributed by atoms with E-state index in [2.05, 4.69) is 55.8 Å². The number of anilines is 2. The summed E-state index contributed by atoms with van der Waals surface area (Å²) < 4.78 is -1.94. The van der Waals surface area contributed by atoms with Crippen LogP contribution in [0.2, 0.25) is 0 Å². The van der Waals surface area contributed by atoms with E-state index in [0.717, 1.165) is 0 Å². The third kappa shape index (κ3) is 5.93. The van der Waals surface area contributed by atoms with Gasteiger partial charge in [-0.1, -0.05) is 0 Å². The molecular formula is C19H19N7O6S2. The monoisotopic (exact) mass is 505 g/mol. The van der Waals surface area contributed by atoms with E-state index in [1.165, 1.54) is 18.3 Å². The third-order valence-electron chi connectivity index (χ3n) is 4.54. The molecule has 0 radical (unpaired) electrons. The van der Waals surface area contributed by atoms with Gasteiger partial charge in [0.05, 0.1) is 18.4 Å². The molecule has 0 spiro atoms. The van der Waals surface area contributed by atoms with Crippen molar-refractivity contribution in [2.24, 2.45) is 0 Å². The molecule has 178 valence electrons. The summed E-state index contributed by atoms with van der Waals surface area (Å²) in [6, 6.07) is 4.54. The highest BCUT2D eigenvalue weighted by Crippen LogP contribution is 2.26. The van der Waals surface area contributed by atoms with Gasteiger partial charge in [-0.3, -0.25) is 14.6 Å². The molecule has 2 aromatic heterocycles. The first-order chi connectivity index (χ1) is 16.0. The SMILES string of the molecule is Nc1nc2ncc(CNc3ccc(C(=O)N[C@@H](CC(S)(S)C(=O)O)C(=O)O)cc3)nc2c(=O)[nH]1. The van der Waals surface area contributed by atoms with Gasteiger partial charge in [-0.25, -0.2) is 19.6 Å². The molecular weight excluding hydrogens is 486 g/mol. The molecule has 1 amide bonds. The molecule has 0 fully saturated rings. The Morgan fingerprint density at radius 1 is 1.15 bits per heavy atom. The molecule has 3 rings (SSSR count). The highest BCUT2D eigenvalue weighted by molar-refractivity contribution is 8.01. The number of amides is 1. The van der Waals surface area contributed by atoms with E-state index in [0.29, 0.717) is 11.4 Å². The number of H-pyrrole nitrogens is 1. The summed E-state index contributed by atoms with van der Waals surface area (Å²) >= 11 is 7.65. The smallest absolute Gasteiger partial charge is 0.329 e. The average Bonchev–Trinajstić information content (AvgIpc) is 2.77. The van der Waals surface area contributed by atoms with E-state index in [-0.39, 0.29) is 29.2 Å². The number of carbonyl (C=O) groups excluding carboxylic acids is 1. The van der Waals surface area contributed by atoms with E-state index < -0.39 is 39.9 Å². The number of fused-ring (bicyclic) bond motifs is 1. The zero-order valence-electron chi connectivity index (χ0n) is 17.2. The quantitative estimate of drug-likeness (QED) is 0.144. The lowest BCUT2D eigenvalue weighted by Crippen LogP contribution is -2.45. The van der Waals surface area contributed by atoms with Crippen LogP contribution in [0.1, 0.15) is 22.5 Å². The van der Waals surface area contributed by atoms with Gasteiger partial charge in [-0.2, -0.15) is 30.2 Å². The van der Waals surface area contributed by atoms with Crippen molar-refractivity contribution in [1.29, 1.82) is 0 Å². The lowest BCUT2D eigenvalue weighted by Gasteiger charge is -2.22. The van der Waals surface area contributed by atoms with E-state index in [9.17, 15) is 24.3 Å². The highest BCUT2D eigenvalue weighted by atomic mass is 32.2. The molecule has 15 heteroatoms. The number of aromatic amines is 1. The van der Waals surface area contributed by atoms with Crippen LogP contribution >= 0.6 is 25.3 Å². The minimum Gasteiger partial charge on any atom is -0.480 e. The summed E-state index contributed by atoms with van der Waals surface area (Å²) in [6.07, 6.45) is 0.891. The van der Waals surface area contributed by atoms with Gasteiger partial charge in [0.25, 0.3) is 11.5 Å². The summed E-state index contributed by atoms with van der Waals surface area (Å²) in [4.78, 5) is 61.5. The second-order valence-corrected chi connectivity index (χ2v) is 8.99. The fraction of sp³-hybridized carbons (Fsp3) is 0.211. The molecule has 0 saturated carbocycles. The summed E-state index contributed by atoms with van der Waals surface area (Å²) in [6.45, 7) is 0.209. The van der Waals surface area contributed by atoms with Crippen LogP contribution < -0.4 is 21.9 Å². The van der Waals surface area contributed by atoms with Gasteiger partial charge in [-0.05, 0) is 24.3 Å². The lowest BCUT2D eigenvalue weighted by molar-refractivity contribution is -0.140. The van der Waals surface area contributed by atoms with Crippen molar-refractivity contribution in [3.05, 3.63) is 52.1 Å². The molecule has 0 aliphatic heterocycles. The zero-order valence-corrected chi connectivity index (χ0v) is 19.0. The van der Waals surface area contributed by atoms with Crippen molar-refractivity contribution in [2.45, 2.75) is 23.1 Å². The molecule has 13 nitrogen and oxygen atoms in total. The fourth-order valence-corrected chi connectivity index (χ4v) is 3.17. The van der Waals surface area contributed by atoms with Gasteiger partial charge in [0.2, 0.25) is 5.95 Å². The molecule has 3 aromatic rings. The van der Waals surface area contributed by atoms with E-state index in [1.807, 2.05) is 0 Å². The van der Waals surface area contributed by atoms with Gasteiger partial charge in [0.15, 0.2) is 15.2 Å². The van der Waals surface area contributed by atoms with Crippen molar-refractivity contribution in [2.75, 3.05) is 11.1 Å². The maximum Gasteiger partial charge on any atom is 0.329 e. The minimum atomic E-state index is -1.94. The Morgan fingerprint density at radius 2 is 1.82 bits per heavy atom. The predicted molar refractivity (Wildman–Crippen MR) is 128 cm³/mol. The number of nitrogens with one attached hydrogen (secondary N) is 3. The largest absolute Gasteiger partial charge is 0.480 e. The first-order valence-electron chi connectivity index (χ1n) is 9.53. The Bertz CT molecular complexity index is 1310. The number of benzene rings is 1. The summed E-state index contributed by atoms with van der Waals surface area (Å²) in [5.41, 5.74) is 6.34. The number of carboxylic acids is 2. The standard InChI is InChI=1S/C19H19N7O6S2/c20-18-25-13-12(15(28)26-18)23-10(7-22-13)6-21-9-3-1-8(2-4-9)14(27)24-11(16(29)30)5-19(33,34)17(31)32/h1-4,7,11,21,33-34H,5-6H2,(H,24,27)(H,29,30)(H,31,32)(H3,20,22,25,26,28)/t11-/m0/s1. The number of nitrogen functional groups attached to an aromatic ring is 1. The Morgan fingerprint density at radius 3 is 2.44 bits per heavy atom. The third-order valence-corrected chi connectivity index (χ3v) is 5.29. The predicted octanol–water partition coefficient (Wildman–Crippen LogP) is 0.121. The molecule has 2 heterocycles. The van der Waals surface area contributed by atoms with Crippen molar-refractivity contribution in [3.63, 3.8) is 0 Å². The number of nitrogens with zero attached hydrogens (tertiary/aromatic N) is 3. The minimum absolute atomic E-state index is 0.0443. The van der Waals surface area contributed by atoms with Gasteiger partial charge in [0, 0.05) is 17.7 Å². The molecule has 1 aromatic carbocycles. The Kier molecular flexibility index (Phi) is 7.26. The first-order valence-corrected chi connectivity index (χ1v) is 10.4. The second-order valence-electron chi connectivity index (χ2n) is 7.11. The van der Waals surface area contributed by atoms with Gasteiger partial charge in [0.1, 0.15) is 6.04 Å². The molecule has 0 aliphatic rings. The zero-order chi connectivity index (χ0) is 25.0. The van der Waals surface area contributed by atoms with E-state index >= 15 is 0 Å².